The fourth-order valence-corrected chi connectivity index (χ4v) is 3.12. The molecule has 4 heteroatoms. The standard InChI is InChI=1S/C17H21N3O/c1-3-16(21)20-11-9-14-15(10-12-20)18-19(2)17(14)13-7-5-4-6-8-13/h4-8H,3,9-12H2,1-2H3. The molecule has 110 valence electrons. The molecule has 1 amide bonds. The first kappa shape index (κ1) is 13.9. The Hall–Kier alpha value is -2.10. The second kappa shape index (κ2) is 5.72. The summed E-state index contributed by atoms with van der Waals surface area (Å²) >= 11 is 0. The number of carbonyl (C=O) groups excluding carboxylic acids is 1. The normalized spacial score (nSPS) is 14.7. The number of rotatable bonds is 2. The summed E-state index contributed by atoms with van der Waals surface area (Å²) < 4.78 is 1.98. The lowest BCUT2D eigenvalue weighted by Crippen LogP contribution is -2.32. The number of fused-ring (bicyclic) bond motifs is 1. The van der Waals surface area contributed by atoms with Crippen molar-refractivity contribution < 1.29 is 4.79 Å². The van der Waals surface area contributed by atoms with E-state index in [2.05, 4.69) is 29.4 Å². The molecule has 0 N–H and O–H groups in total. The van der Waals surface area contributed by atoms with Gasteiger partial charge in [-0.1, -0.05) is 37.3 Å². The average Bonchev–Trinajstić information content (AvgIpc) is 2.69. The highest BCUT2D eigenvalue weighted by Gasteiger charge is 2.23. The highest BCUT2D eigenvalue weighted by atomic mass is 16.2. The molecule has 0 fully saturated rings. The van der Waals surface area contributed by atoms with Crippen LogP contribution in [-0.4, -0.2) is 33.7 Å². The maximum absolute atomic E-state index is 11.9. The Kier molecular flexibility index (Phi) is 3.78. The van der Waals surface area contributed by atoms with Crippen LogP contribution >= 0.6 is 0 Å². The average molecular weight is 283 g/mol. The van der Waals surface area contributed by atoms with E-state index in [0.29, 0.717) is 6.42 Å². The fourth-order valence-electron chi connectivity index (χ4n) is 3.12. The lowest BCUT2D eigenvalue weighted by molar-refractivity contribution is -0.130. The quantitative estimate of drug-likeness (QED) is 0.849. The Morgan fingerprint density at radius 2 is 1.90 bits per heavy atom. The lowest BCUT2D eigenvalue weighted by Gasteiger charge is -2.19. The molecule has 2 heterocycles. The lowest BCUT2D eigenvalue weighted by atomic mass is 10.0. The SMILES string of the molecule is CCC(=O)N1CCc2nn(C)c(-c3ccccc3)c2CC1. The van der Waals surface area contributed by atoms with E-state index in [9.17, 15) is 4.79 Å². The minimum absolute atomic E-state index is 0.241. The van der Waals surface area contributed by atoms with E-state index in [4.69, 9.17) is 0 Å². The predicted octanol–water partition coefficient (Wildman–Crippen LogP) is 2.42. The van der Waals surface area contributed by atoms with Gasteiger partial charge in [0.1, 0.15) is 0 Å². The molecule has 1 aromatic heterocycles. The maximum Gasteiger partial charge on any atom is 0.222 e. The van der Waals surface area contributed by atoms with Crippen LogP contribution in [0.3, 0.4) is 0 Å². The van der Waals surface area contributed by atoms with E-state index in [1.807, 2.05) is 29.6 Å². The van der Waals surface area contributed by atoms with Crippen LogP contribution in [-0.2, 0) is 24.7 Å². The number of hydrogen-bond acceptors (Lipinski definition) is 2. The van der Waals surface area contributed by atoms with Gasteiger partial charge in [-0.25, -0.2) is 0 Å². The van der Waals surface area contributed by atoms with E-state index in [-0.39, 0.29) is 5.91 Å². The molecule has 3 rings (SSSR count). The second-order valence-electron chi connectivity index (χ2n) is 5.50. The molecule has 0 radical (unpaired) electrons. The van der Waals surface area contributed by atoms with Crippen molar-refractivity contribution in [3.63, 3.8) is 0 Å². The van der Waals surface area contributed by atoms with Gasteiger partial charge >= 0.3 is 0 Å². The van der Waals surface area contributed by atoms with Crippen LogP contribution in [0.15, 0.2) is 30.3 Å². The van der Waals surface area contributed by atoms with Crippen molar-refractivity contribution in [1.29, 1.82) is 0 Å². The summed E-state index contributed by atoms with van der Waals surface area (Å²) in [7, 11) is 2.01. The fraction of sp³-hybridized carbons (Fsp3) is 0.412. The van der Waals surface area contributed by atoms with E-state index >= 15 is 0 Å². The van der Waals surface area contributed by atoms with Gasteiger partial charge in [-0.3, -0.25) is 9.48 Å². The smallest absolute Gasteiger partial charge is 0.222 e. The van der Waals surface area contributed by atoms with Crippen LogP contribution in [0, 0.1) is 0 Å². The minimum atomic E-state index is 0.241. The third kappa shape index (κ3) is 2.58. The zero-order chi connectivity index (χ0) is 14.8. The van der Waals surface area contributed by atoms with Crippen LogP contribution < -0.4 is 0 Å². The summed E-state index contributed by atoms with van der Waals surface area (Å²) in [5, 5.41) is 4.69. The number of hydrogen-bond donors (Lipinski definition) is 0. The summed E-state index contributed by atoms with van der Waals surface area (Å²) in [5.74, 6) is 0.241. The zero-order valence-corrected chi connectivity index (χ0v) is 12.7. The Bertz CT molecular complexity index is 646. The Balaban J connectivity index is 1.94. The molecular formula is C17H21N3O. The molecule has 1 aliphatic heterocycles. The number of aromatic nitrogens is 2. The Morgan fingerprint density at radius 1 is 1.19 bits per heavy atom. The number of nitrogens with zero attached hydrogens (tertiary/aromatic N) is 3. The number of benzene rings is 1. The van der Waals surface area contributed by atoms with Gasteiger partial charge < -0.3 is 4.90 Å². The first-order chi connectivity index (χ1) is 10.2. The van der Waals surface area contributed by atoms with Crippen molar-refractivity contribution >= 4 is 5.91 Å². The van der Waals surface area contributed by atoms with Crippen LogP contribution in [0.4, 0.5) is 0 Å². The molecule has 0 saturated carbocycles. The van der Waals surface area contributed by atoms with Crippen molar-refractivity contribution in [3.8, 4) is 11.3 Å². The van der Waals surface area contributed by atoms with E-state index in [1.165, 1.54) is 16.8 Å². The van der Waals surface area contributed by atoms with Crippen molar-refractivity contribution in [2.75, 3.05) is 13.1 Å². The summed E-state index contributed by atoms with van der Waals surface area (Å²) in [5.41, 5.74) is 4.83. The first-order valence-corrected chi connectivity index (χ1v) is 7.58. The van der Waals surface area contributed by atoms with Gasteiger partial charge in [0.05, 0.1) is 11.4 Å². The van der Waals surface area contributed by atoms with Crippen LogP contribution in [0.1, 0.15) is 24.6 Å². The monoisotopic (exact) mass is 283 g/mol. The number of carbonyl (C=O) groups is 1. The number of aryl methyl sites for hydroxylation is 1. The third-order valence-corrected chi connectivity index (χ3v) is 4.18. The largest absolute Gasteiger partial charge is 0.342 e. The van der Waals surface area contributed by atoms with Gasteiger partial charge in [-0.2, -0.15) is 5.10 Å². The molecule has 0 aliphatic carbocycles. The van der Waals surface area contributed by atoms with Crippen LogP contribution in [0.25, 0.3) is 11.3 Å². The Labute approximate surface area is 125 Å². The molecule has 0 saturated heterocycles. The zero-order valence-electron chi connectivity index (χ0n) is 12.7. The van der Waals surface area contributed by atoms with Crippen LogP contribution in [0.5, 0.6) is 0 Å². The van der Waals surface area contributed by atoms with Gasteiger partial charge in [0.2, 0.25) is 5.91 Å². The highest BCUT2D eigenvalue weighted by Crippen LogP contribution is 2.28. The van der Waals surface area contributed by atoms with Gasteiger partial charge in [-0.15, -0.1) is 0 Å². The molecular weight excluding hydrogens is 262 g/mol. The summed E-state index contributed by atoms with van der Waals surface area (Å²) in [6, 6.07) is 10.4. The van der Waals surface area contributed by atoms with Gasteiger partial charge in [0.15, 0.2) is 0 Å². The molecule has 4 nitrogen and oxygen atoms in total. The summed E-state index contributed by atoms with van der Waals surface area (Å²) in [6.45, 7) is 3.50. The molecule has 1 aromatic carbocycles. The highest BCUT2D eigenvalue weighted by molar-refractivity contribution is 5.76. The summed E-state index contributed by atoms with van der Waals surface area (Å²) in [6.07, 6.45) is 2.32. The molecule has 21 heavy (non-hydrogen) atoms. The molecule has 0 atom stereocenters. The molecule has 0 bridgehead atoms. The van der Waals surface area contributed by atoms with Crippen molar-refractivity contribution in [2.24, 2.45) is 7.05 Å². The van der Waals surface area contributed by atoms with Gasteiger partial charge in [-0.05, 0) is 6.42 Å². The van der Waals surface area contributed by atoms with E-state index in [0.717, 1.165) is 31.6 Å². The van der Waals surface area contributed by atoms with Gasteiger partial charge in [0.25, 0.3) is 0 Å². The van der Waals surface area contributed by atoms with Crippen molar-refractivity contribution in [1.82, 2.24) is 14.7 Å². The van der Waals surface area contributed by atoms with E-state index < -0.39 is 0 Å². The van der Waals surface area contributed by atoms with Crippen LogP contribution in [0.2, 0.25) is 0 Å². The first-order valence-electron chi connectivity index (χ1n) is 7.58. The maximum atomic E-state index is 11.9. The molecule has 0 spiro atoms. The topological polar surface area (TPSA) is 38.1 Å². The minimum Gasteiger partial charge on any atom is -0.342 e. The van der Waals surface area contributed by atoms with Crippen molar-refractivity contribution in [2.45, 2.75) is 26.2 Å². The van der Waals surface area contributed by atoms with Crippen molar-refractivity contribution in [3.05, 3.63) is 41.6 Å². The third-order valence-electron chi connectivity index (χ3n) is 4.18. The second-order valence-corrected chi connectivity index (χ2v) is 5.50. The molecule has 1 aliphatic rings. The van der Waals surface area contributed by atoms with E-state index in [1.54, 1.807) is 0 Å². The molecule has 0 unspecified atom stereocenters. The predicted molar refractivity (Wildman–Crippen MR) is 82.9 cm³/mol. The Morgan fingerprint density at radius 3 is 2.62 bits per heavy atom. The molecule has 2 aromatic rings. The summed E-state index contributed by atoms with van der Waals surface area (Å²) in [4.78, 5) is 13.9. The number of amides is 1. The van der Waals surface area contributed by atoms with Gasteiger partial charge in [0, 0.05) is 44.1 Å².